The van der Waals surface area contributed by atoms with Gasteiger partial charge in [-0.1, -0.05) is 41.9 Å². The number of esters is 1. The van der Waals surface area contributed by atoms with Crippen molar-refractivity contribution in [3.05, 3.63) is 54.1 Å². The minimum atomic E-state index is -0.305. The van der Waals surface area contributed by atoms with Crippen LogP contribution in [0.25, 0.3) is 11.1 Å². The van der Waals surface area contributed by atoms with E-state index in [0.717, 1.165) is 11.1 Å². The molecule has 0 amide bonds. The summed E-state index contributed by atoms with van der Waals surface area (Å²) < 4.78 is 4.66. The van der Waals surface area contributed by atoms with Crippen molar-refractivity contribution in [2.45, 2.75) is 0 Å². The third kappa shape index (κ3) is 2.56. The molecule has 0 aromatic heterocycles. The first-order chi connectivity index (χ1) is 8.20. The molecule has 0 aliphatic heterocycles. The van der Waals surface area contributed by atoms with Crippen LogP contribution in [0.3, 0.4) is 0 Å². The highest BCUT2D eigenvalue weighted by Crippen LogP contribution is 2.18. The van der Waals surface area contributed by atoms with Gasteiger partial charge in [-0.15, -0.1) is 0 Å². The van der Waals surface area contributed by atoms with Crippen molar-refractivity contribution in [2.24, 2.45) is 0 Å². The molecule has 17 heavy (non-hydrogen) atoms. The minimum Gasteiger partial charge on any atom is -0.465 e. The van der Waals surface area contributed by atoms with Crippen molar-refractivity contribution in [1.82, 2.24) is 0 Å². The van der Waals surface area contributed by atoms with Gasteiger partial charge in [-0.3, -0.25) is 0 Å². The molecule has 0 atom stereocenters. The van der Waals surface area contributed by atoms with Crippen LogP contribution in [-0.4, -0.2) is 20.9 Å². The number of carbonyl (C=O) groups is 1. The van der Waals surface area contributed by atoms with E-state index in [1.165, 1.54) is 12.6 Å². The van der Waals surface area contributed by atoms with Crippen LogP contribution in [0.1, 0.15) is 10.4 Å². The molecular formula is C14H13BO2. The molecule has 0 saturated heterocycles. The van der Waals surface area contributed by atoms with E-state index in [9.17, 15) is 4.79 Å². The summed E-state index contributed by atoms with van der Waals surface area (Å²) in [6.07, 6.45) is 0. The maximum Gasteiger partial charge on any atom is 0.337 e. The third-order valence-corrected chi connectivity index (χ3v) is 2.69. The lowest BCUT2D eigenvalue weighted by Crippen LogP contribution is -2.01. The summed E-state index contributed by atoms with van der Waals surface area (Å²) in [5, 5.41) is 0. The van der Waals surface area contributed by atoms with Crippen LogP contribution >= 0.6 is 0 Å². The van der Waals surface area contributed by atoms with Crippen molar-refractivity contribution >= 4 is 19.3 Å². The van der Waals surface area contributed by atoms with Gasteiger partial charge in [0.15, 0.2) is 0 Å². The van der Waals surface area contributed by atoms with Crippen molar-refractivity contribution < 1.29 is 9.53 Å². The molecular weight excluding hydrogens is 211 g/mol. The van der Waals surface area contributed by atoms with Crippen LogP contribution < -0.4 is 5.46 Å². The smallest absolute Gasteiger partial charge is 0.337 e. The molecule has 0 aliphatic carbocycles. The number of methoxy groups -OCH3 is 1. The predicted molar refractivity (Wildman–Crippen MR) is 71.4 cm³/mol. The zero-order valence-electron chi connectivity index (χ0n) is 9.94. The summed E-state index contributed by atoms with van der Waals surface area (Å²) in [5.74, 6) is -0.305. The van der Waals surface area contributed by atoms with Gasteiger partial charge in [0.1, 0.15) is 7.85 Å². The fraction of sp³-hybridized carbons (Fsp3) is 0.0714. The predicted octanol–water partition coefficient (Wildman–Crippen LogP) is 1.40. The van der Waals surface area contributed by atoms with Crippen LogP contribution in [0.5, 0.6) is 0 Å². The zero-order valence-corrected chi connectivity index (χ0v) is 9.94. The Morgan fingerprint density at radius 2 is 1.41 bits per heavy atom. The standard InChI is InChI=1S/C14H13BO2/c1-17-14(16)12-4-2-10(3-5-12)11-6-8-13(15)9-7-11/h2-9H,15H2,1H3. The van der Waals surface area contributed by atoms with Crippen molar-refractivity contribution in [3.63, 3.8) is 0 Å². The summed E-state index contributed by atoms with van der Waals surface area (Å²) in [7, 11) is 3.44. The lowest BCUT2D eigenvalue weighted by atomic mass is 9.93. The van der Waals surface area contributed by atoms with Crippen LogP contribution in [0.15, 0.2) is 48.5 Å². The van der Waals surface area contributed by atoms with Gasteiger partial charge in [-0.2, -0.15) is 0 Å². The lowest BCUT2D eigenvalue weighted by molar-refractivity contribution is 0.0601. The lowest BCUT2D eigenvalue weighted by Gasteiger charge is -2.04. The molecule has 2 aromatic carbocycles. The fourth-order valence-electron chi connectivity index (χ4n) is 1.66. The van der Waals surface area contributed by atoms with Crippen LogP contribution in [-0.2, 0) is 4.74 Å². The Balaban J connectivity index is 2.29. The number of benzene rings is 2. The number of hydrogen-bond acceptors (Lipinski definition) is 2. The largest absolute Gasteiger partial charge is 0.465 e. The molecule has 2 rings (SSSR count). The molecule has 0 unspecified atom stereocenters. The van der Waals surface area contributed by atoms with Crippen LogP contribution in [0.4, 0.5) is 0 Å². The minimum absolute atomic E-state index is 0.305. The molecule has 2 aromatic rings. The first-order valence-corrected chi connectivity index (χ1v) is 5.46. The van der Waals surface area contributed by atoms with Gasteiger partial charge in [-0.05, 0) is 23.3 Å². The summed E-state index contributed by atoms with van der Waals surface area (Å²) in [6.45, 7) is 0. The second-order valence-electron chi connectivity index (χ2n) is 3.93. The van der Waals surface area contributed by atoms with E-state index < -0.39 is 0 Å². The average molecular weight is 224 g/mol. The van der Waals surface area contributed by atoms with E-state index in [1.807, 2.05) is 12.1 Å². The summed E-state index contributed by atoms with van der Waals surface area (Å²) in [5.41, 5.74) is 4.05. The molecule has 0 aliphatic rings. The normalized spacial score (nSPS) is 9.94. The van der Waals surface area contributed by atoms with E-state index >= 15 is 0 Å². The molecule has 0 fully saturated rings. The molecule has 84 valence electrons. The number of rotatable bonds is 2. The Morgan fingerprint density at radius 1 is 0.941 bits per heavy atom. The van der Waals surface area contributed by atoms with E-state index in [2.05, 4.69) is 36.8 Å². The Morgan fingerprint density at radius 3 is 1.88 bits per heavy atom. The SMILES string of the molecule is Bc1ccc(-c2ccc(C(=O)OC)cc2)cc1. The summed E-state index contributed by atoms with van der Waals surface area (Å²) in [4.78, 5) is 11.3. The molecule has 0 heterocycles. The molecule has 0 N–H and O–H groups in total. The van der Waals surface area contributed by atoms with E-state index in [-0.39, 0.29) is 5.97 Å². The topological polar surface area (TPSA) is 26.3 Å². The van der Waals surface area contributed by atoms with Gasteiger partial charge in [-0.25, -0.2) is 4.79 Å². The highest BCUT2D eigenvalue weighted by atomic mass is 16.5. The summed E-state index contributed by atoms with van der Waals surface area (Å²) in [6, 6.07) is 15.7. The Bertz CT molecular complexity index is 515. The molecule has 0 bridgehead atoms. The average Bonchev–Trinajstić information content (AvgIpc) is 2.39. The van der Waals surface area contributed by atoms with Crippen molar-refractivity contribution in [2.75, 3.05) is 7.11 Å². The Labute approximate surface area is 102 Å². The third-order valence-electron chi connectivity index (χ3n) is 2.69. The van der Waals surface area contributed by atoms with Crippen molar-refractivity contribution in [1.29, 1.82) is 0 Å². The Hall–Kier alpha value is -2.03. The number of ether oxygens (including phenoxy) is 1. The molecule has 3 heteroatoms. The van der Waals surface area contributed by atoms with Gasteiger partial charge in [0, 0.05) is 0 Å². The highest BCUT2D eigenvalue weighted by Gasteiger charge is 2.04. The van der Waals surface area contributed by atoms with E-state index in [4.69, 9.17) is 0 Å². The molecule has 2 nitrogen and oxygen atoms in total. The van der Waals surface area contributed by atoms with Gasteiger partial charge in [0.25, 0.3) is 0 Å². The molecule has 0 spiro atoms. The highest BCUT2D eigenvalue weighted by molar-refractivity contribution is 6.32. The van der Waals surface area contributed by atoms with Crippen molar-refractivity contribution in [3.8, 4) is 11.1 Å². The Kier molecular flexibility index (Phi) is 3.28. The maximum absolute atomic E-state index is 11.3. The van der Waals surface area contributed by atoms with Gasteiger partial charge < -0.3 is 4.74 Å². The maximum atomic E-state index is 11.3. The fourth-order valence-corrected chi connectivity index (χ4v) is 1.66. The number of carbonyl (C=O) groups excluding carboxylic acids is 1. The second kappa shape index (κ2) is 4.87. The zero-order chi connectivity index (χ0) is 12.3. The monoisotopic (exact) mass is 224 g/mol. The van der Waals surface area contributed by atoms with Gasteiger partial charge >= 0.3 is 5.97 Å². The van der Waals surface area contributed by atoms with Gasteiger partial charge in [0.2, 0.25) is 0 Å². The second-order valence-corrected chi connectivity index (χ2v) is 3.93. The quantitative estimate of drug-likeness (QED) is 0.569. The van der Waals surface area contributed by atoms with E-state index in [0.29, 0.717) is 5.56 Å². The van der Waals surface area contributed by atoms with E-state index in [1.54, 1.807) is 12.1 Å². The van der Waals surface area contributed by atoms with Gasteiger partial charge in [0.05, 0.1) is 12.7 Å². The van der Waals surface area contributed by atoms with Crippen LogP contribution in [0, 0.1) is 0 Å². The first kappa shape index (κ1) is 11.5. The van der Waals surface area contributed by atoms with Crippen LogP contribution in [0.2, 0.25) is 0 Å². The summed E-state index contributed by atoms with van der Waals surface area (Å²) >= 11 is 0. The molecule has 0 saturated carbocycles. The molecule has 0 radical (unpaired) electrons. The number of hydrogen-bond donors (Lipinski definition) is 0. The first-order valence-electron chi connectivity index (χ1n) is 5.46.